The van der Waals surface area contributed by atoms with Gasteiger partial charge in [-0.3, -0.25) is 0 Å². The second-order valence-corrected chi connectivity index (χ2v) is 4.16. The molecule has 0 aliphatic carbocycles. The predicted octanol–water partition coefficient (Wildman–Crippen LogP) is 2.77. The Bertz CT molecular complexity index is 611. The molecule has 0 heterocycles. The summed E-state index contributed by atoms with van der Waals surface area (Å²) in [4.78, 5) is 12.0. The SMILES string of the molecule is COc1ccc(N)cc1C(=O)OCc1ccc(F)cc1. The molecule has 2 aromatic rings. The molecule has 0 spiro atoms. The van der Waals surface area contributed by atoms with Crippen molar-refractivity contribution >= 4 is 11.7 Å². The fourth-order valence-corrected chi connectivity index (χ4v) is 1.69. The number of ether oxygens (including phenoxy) is 2. The first-order chi connectivity index (χ1) is 9.60. The zero-order valence-electron chi connectivity index (χ0n) is 10.9. The van der Waals surface area contributed by atoms with Crippen molar-refractivity contribution in [3.8, 4) is 5.75 Å². The van der Waals surface area contributed by atoms with E-state index in [2.05, 4.69) is 0 Å². The Hall–Kier alpha value is -2.56. The van der Waals surface area contributed by atoms with E-state index in [0.29, 0.717) is 17.0 Å². The van der Waals surface area contributed by atoms with Gasteiger partial charge in [-0.2, -0.15) is 0 Å². The van der Waals surface area contributed by atoms with Gasteiger partial charge < -0.3 is 15.2 Å². The number of rotatable bonds is 4. The number of nitrogen functional groups attached to an aromatic ring is 1. The molecular formula is C15H14FNO3. The molecule has 0 atom stereocenters. The Balaban J connectivity index is 2.08. The third kappa shape index (κ3) is 3.26. The monoisotopic (exact) mass is 275 g/mol. The minimum Gasteiger partial charge on any atom is -0.496 e. The number of methoxy groups -OCH3 is 1. The van der Waals surface area contributed by atoms with Crippen molar-refractivity contribution in [1.82, 2.24) is 0 Å². The summed E-state index contributed by atoms with van der Waals surface area (Å²) in [5, 5.41) is 0. The maximum absolute atomic E-state index is 12.8. The van der Waals surface area contributed by atoms with Crippen LogP contribution >= 0.6 is 0 Å². The van der Waals surface area contributed by atoms with E-state index in [1.807, 2.05) is 0 Å². The number of benzene rings is 2. The number of nitrogens with two attached hydrogens (primary N) is 1. The van der Waals surface area contributed by atoms with Crippen LogP contribution in [0.25, 0.3) is 0 Å². The van der Waals surface area contributed by atoms with E-state index in [1.165, 1.54) is 25.3 Å². The van der Waals surface area contributed by atoms with E-state index in [9.17, 15) is 9.18 Å². The van der Waals surface area contributed by atoms with Crippen LogP contribution in [0.1, 0.15) is 15.9 Å². The molecule has 0 unspecified atom stereocenters. The van der Waals surface area contributed by atoms with Crippen molar-refractivity contribution in [1.29, 1.82) is 0 Å². The van der Waals surface area contributed by atoms with Crippen LogP contribution in [0.4, 0.5) is 10.1 Å². The molecule has 2 aromatic carbocycles. The number of hydrogen-bond acceptors (Lipinski definition) is 4. The highest BCUT2D eigenvalue weighted by atomic mass is 19.1. The Kier molecular flexibility index (Phi) is 4.20. The zero-order chi connectivity index (χ0) is 14.5. The van der Waals surface area contributed by atoms with Gasteiger partial charge in [0.15, 0.2) is 0 Å². The van der Waals surface area contributed by atoms with Crippen LogP contribution in [0.2, 0.25) is 0 Å². The highest BCUT2D eigenvalue weighted by Gasteiger charge is 2.14. The van der Waals surface area contributed by atoms with Gasteiger partial charge in [-0.05, 0) is 35.9 Å². The molecule has 2 N–H and O–H groups in total. The highest BCUT2D eigenvalue weighted by molar-refractivity contribution is 5.93. The molecule has 0 saturated carbocycles. The molecule has 0 fully saturated rings. The number of esters is 1. The standard InChI is InChI=1S/C15H14FNO3/c1-19-14-7-6-12(17)8-13(14)15(18)20-9-10-2-4-11(16)5-3-10/h2-8H,9,17H2,1H3. The molecule has 0 aliphatic heterocycles. The van der Waals surface area contributed by atoms with Gasteiger partial charge in [-0.1, -0.05) is 12.1 Å². The average molecular weight is 275 g/mol. The van der Waals surface area contributed by atoms with E-state index in [1.54, 1.807) is 24.3 Å². The zero-order valence-corrected chi connectivity index (χ0v) is 10.9. The molecule has 4 nitrogen and oxygen atoms in total. The van der Waals surface area contributed by atoms with Crippen LogP contribution in [-0.4, -0.2) is 13.1 Å². The third-order valence-electron chi connectivity index (χ3n) is 2.73. The van der Waals surface area contributed by atoms with Crippen molar-refractivity contribution < 1.29 is 18.7 Å². The highest BCUT2D eigenvalue weighted by Crippen LogP contribution is 2.22. The molecular weight excluding hydrogens is 261 g/mol. The van der Waals surface area contributed by atoms with Crippen molar-refractivity contribution in [2.75, 3.05) is 12.8 Å². The Labute approximate surface area is 115 Å². The van der Waals surface area contributed by atoms with Crippen molar-refractivity contribution in [2.45, 2.75) is 6.61 Å². The molecule has 0 radical (unpaired) electrons. The fourth-order valence-electron chi connectivity index (χ4n) is 1.69. The lowest BCUT2D eigenvalue weighted by molar-refractivity contribution is 0.0469. The van der Waals surface area contributed by atoms with Crippen LogP contribution in [0.5, 0.6) is 5.75 Å². The summed E-state index contributed by atoms with van der Waals surface area (Å²) in [5.74, 6) is -0.487. The summed E-state index contributed by atoms with van der Waals surface area (Å²) >= 11 is 0. The molecule has 5 heteroatoms. The Morgan fingerprint density at radius 2 is 1.90 bits per heavy atom. The van der Waals surface area contributed by atoms with Gasteiger partial charge in [0, 0.05) is 5.69 Å². The summed E-state index contributed by atoms with van der Waals surface area (Å²) in [6.07, 6.45) is 0. The summed E-state index contributed by atoms with van der Waals surface area (Å²) in [5.41, 5.74) is 7.04. The van der Waals surface area contributed by atoms with Gasteiger partial charge >= 0.3 is 5.97 Å². The van der Waals surface area contributed by atoms with Crippen LogP contribution < -0.4 is 10.5 Å². The minimum absolute atomic E-state index is 0.0526. The summed E-state index contributed by atoms with van der Waals surface area (Å²) < 4.78 is 23.0. The number of hydrogen-bond donors (Lipinski definition) is 1. The molecule has 0 bridgehead atoms. The molecule has 104 valence electrons. The second kappa shape index (κ2) is 6.06. The molecule has 20 heavy (non-hydrogen) atoms. The lowest BCUT2D eigenvalue weighted by Gasteiger charge is -2.09. The molecule has 0 aromatic heterocycles. The number of carbonyl (C=O) groups excluding carboxylic acids is 1. The second-order valence-electron chi connectivity index (χ2n) is 4.16. The van der Waals surface area contributed by atoms with Crippen molar-refractivity contribution in [3.63, 3.8) is 0 Å². The predicted molar refractivity (Wildman–Crippen MR) is 72.9 cm³/mol. The third-order valence-corrected chi connectivity index (χ3v) is 2.73. The largest absolute Gasteiger partial charge is 0.496 e. The molecule has 0 saturated heterocycles. The van der Waals surface area contributed by atoms with Crippen molar-refractivity contribution in [3.05, 3.63) is 59.4 Å². The van der Waals surface area contributed by atoms with E-state index in [-0.39, 0.29) is 18.0 Å². The van der Waals surface area contributed by atoms with Crippen LogP contribution in [0, 0.1) is 5.82 Å². The van der Waals surface area contributed by atoms with Crippen molar-refractivity contribution in [2.24, 2.45) is 0 Å². The van der Waals surface area contributed by atoms with E-state index in [0.717, 1.165) is 0 Å². The van der Waals surface area contributed by atoms with Crippen LogP contribution in [0.15, 0.2) is 42.5 Å². The van der Waals surface area contributed by atoms with Gasteiger partial charge in [0.25, 0.3) is 0 Å². The van der Waals surface area contributed by atoms with E-state index >= 15 is 0 Å². The fraction of sp³-hybridized carbons (Fsp3) is 0.133. The Morgan fingerprint density at radius 3 is 2.55 bits per heavy atom. The smallest absolute Gasteiger partial charge is 0.342 e. The number of halogens is 1. The average Bonchev–Trinajstić information content (AvgIpc) is 2.46. The summed E-state index contributed by atoms with van der Waals surface area (Å²) in [6, 6.07) is 10.5. The number of anilines is 1. The normalized spacial score (nSPS) is 10.1. The van der Waals surface area contributed by atoms with Gasteiger partial charge in [-0.25, -0.2) is 9.18 Å². The van der Waals surface area contributed by atoms with Gasteiger partial charge in [-0.15, -0.1) is 0 Å². The Morgan fingerprint density at radius 1 is 1.20 bits per heavy atom. The maximum Gasteiger partial charge on any atom is 0.342 e. The molecule has 2 rings (SSSR count). The quantitative estimate of drug-likeness (QED) is 0.688. The maximum atomic E-state index is 12.8. The van der Waals surface area contributed by atoms with Gasteiger partial charge in [0.05, 0.1) is 7.11 Å². The van der Waals surface area contributed by atoms with E-state index < -0.39 is 5.97 Å². The lowest BCUT2D eigenvalue weighted by Crippen LogP contribution is -2.08. The number of carbonyl (C=O) groups is 1. The van der Waals surface area contributed by atoms with E-state index in [4.69, 9.17) is 15.2 Å². The van der Waals surface area contributed by atoms with Crippen LogP contribution in [-0.2, 0) is 11.3 Å². The van der Waals surface area contributed by atoms with Gasteiger partial charge in [0.2, 0.25) is 0 Å². The summed E-state index contributed by atoms with van der Waals surface area (Å²) in [7, 11) is 1.46. The van der Waals surface area contributed by atoms with Gasteiger partial charge in [0.1, 0.15) is 23.7 Å². The summed E-state index contributed by atoms with van der Waals surface area (Å²) in [6.45, 7) is 0.0526. The lowest BCUT2D eigenvalue weighted by atomic mass is 10.2. The van der Waals surface area contributed by atoms with Crippen LogP contribution in [0.3, 0.4) is 0 Å². The molecule has 0 aliphatic rings. The first-order valence-corrected chi connectivity index (χ1v) is 5.95. The first kappa shape index (κ1) is 13.9. The first-order valence-electron chi connectivity index (χ1n) is 5.95. The minimum atomic E-state index is -0.543. The topological polar surface area (TPSA) is 61.5 Å². The molecule has 0 amide bonds.